The second kappa shape index (κ2) is 4.81. The fourth-order valence-electron chi connectivity index (χ4n) is 1.86. The van der Waals surface area contributed by atoms with Crippen molar-refractivity contribution in [2.75, 3.05) is 0 Å². The minimum absolute atomic E-state index is 0.435. The minimum Gasteiger partial charge on any atom is -0.193 e. The van der Waals surface area contributed by atoms with E-state index in [0.717, 1.165) is 12.8 Å². The molecule has 2 atom stereocenters. The van der Waals surface area contributed by atoms with Crippen LogP contribution in [-0.2, 0) is 0 Å². The first-order valence-electron chi connectivity index (χ1n) is 5.03. The van der Waals surface area contributed by atoms with E-state index in [2.05, 4.69) is 26.5 Å². The van der Waals surface area contributed by atoms with E-state index in [1.54, 1.807) is 6.08 Å². The molecular formula is C13H17N. The van der Waals surface area contributed by atoms with E-state index >= 15 is 0 Å². The summed E-state index contributed by atoms with van der Waals surface area (Å²) in [6.45, 7) is 8.23. The second-order valence-corrected chi connectivity index (χ2v) is 4.06. The Morgan fingerprint density at radius 1 is 1.71 bits per heavy atom. The van der Waals surface area contributed by atoms with Gasteiger partial charge in [0.05, 0.1) is 6.07 Å². The number of nitrogens with zero attached hydrogens (tertiary/aromatic N) is 1. The average molecular weight is 187 g/mol. The Kier molecular flexibility index (Phi) is 3.71. The molecule has 1 heteroatoms. The third-order valence-electron chi connectivity index (χ3n) is 2.95. The van der Waals surface area contributed by atoms with Crippen LogP contribution in [0.1, 0.15) is 26.7 Å². The summed E-state index contributed by atoms with van der Waals surface area (Å²) in [6.07, 6.45) is 8.08. The molecule has 0 radical (unpaired) electrons. The molecule has 14 heavy (non-hydrogen) atoms. The first kappa shape index (κ1) is 10.8. The Labute approximate surface area is 86.4 Å². The normalized spacial score (nSPS) is 27.1. The molecule has 0 fully saturated rings. The molecule has 0 amide bonds. The lowest BCUT2D eigenvalue weighted by Gasteiger charge is -2.26. The lowest BCUT2D eigenvalue weighted by atomic mass is 9.79. The topological polar surface area (TPSA) is 23.8 Å². The Hall–Kier alpha value is -1.29. The van der Waals surface area contributed by atoms with E-state index in [-0.39, 0.29) is 0 Å². The quantitative estimate of drug-likeness (QED) is 0.478. The van der Waals surface area contributed by atoms with Gasteiger partial charge in [0.1, 0.15) is 0 Å². The van der Waals surface area contributed by atoms with E-state index in [4.69, 9.17) is 5.26 Å². The molecule has 0 heterocycles. The summed E-state index contributed by atoms with van der Waals surface area (Å²) in [5.41, 5.74) is 2.64. The third-order valence-corrected chi connectivity index (χ3v) is 2.95. The largest absolute Gasteiger partial charge is 0.193 e. The van der Waals surface area contributed by atoms with Crippen LogP contribution in [0, 0.1) is 23.2 Å². The lowest BCUT2D eigenvalue weighted by Crippen LogP contribution is -2.13. The summed E-state index contributed by atoms with van der Waals surface area (Å²) in [6, 6.07) is 2.05. The molecule has 0 saturated heterocycles. The van der Waals surface area contributed by atoms with Gasteiger partial charge < -0.3 is 0 Å². The molecule has 0 bridgehead atoms. The predicted molar refractivity (Wildman–Crippen MR) is 59.5 cm³/mol. The molecule has 1 aliphatic rings. The van der Waals surface area contributed by atoms with Gasteiger partial charge in [-0.2, -0.15) is 5.26 Å². The Morgan fingerprint density at radius 3 is 3.00 bits per heavy atom. The van der Waals surface area contributed by atoms with Crippen molar-refractivity contribution in [2.24, 2.45) is 11.8 Å². The molecule has 0 N–H and O–H groups in total. The molecule has 0 spiro atoms. The molecule has 0 aromatic heterocycles. The number of nitriles is 1. The molecule has 74 valence electrons. The van der Waals surface area contributed by atoms with Gasteiger partial charge in [0.15, 0.2) is 0 Å². The fraction of sp³-hybridized carbons (Fsp3) is 0.462. The summed E-state index contributed by atoms with van der Waals surface area (Å²) >= 11 is 0. The number of rotatable bonds is 2. The van der Waals surface area contributed by atoms with E-state index in [9.17, 15) is 0 Å². The zero-order valence-corrected chi connectivity index (χ0v) is 8.96. The van der Waals surface area contributed by atoms with Gasteiger partial charge >= 0.3 is 0 Å². The zero-order chi connectivity index (χ0) is 10.6. The van der Waals surface area contributed by atoms with Crippen LogP contribution in [0.25, 0.3) is 0 Å². The Balaban J connectivity index is 2.72. The lowest BCUT2D eigenvalue weighted by molar-refractivity contribution is 0.478. The highest BCUT2D eigenvalue weighted by Gasteiger charge is 2.20. The zero-order valence-electron chi connectivity index (χ0n) is 8.96. The van der Waals surface area contributed by atoms with E-state index in [1.165, 1.54) is 11.1 Å². The van der Waals surface area contributed by atoms with Crippen molar-refractivity contribution in [1.82, 2.24) is 0 Å². The van der Waals surface area contributed by atoms with Gasteiger partial charge in [-0.15, -0.1) is 0 Å². The van der Waals surface area contributed by atoms with Crippen LogP contribution in [0.4, 0.5) is 0 Å². The van der Waals surface area contributed by atoms with Crippen LogP contribution in [-0.4, -0.2) is 0 Å². The number of hydrogen-bond acceptors (Lipinski definition) is 1. The van der Waals surface area contributed by atoms with Gasteiger partial charge in [0.2, 0.25) is 0 Å². The van der Waals surface area contributed by atoms with Gasteiger partial charge in [-0.25, -0.2) is 0 Å². The van der Waals surface area contributed by atoms with Crippen LogP contribution < -0.4 is 0 Å². The molecule has 2 unspecified atom stereocenters. The molecule has 1 nitrogen and oxygen atoms in total. The predicted octanol–water partition coefficient (Wildman–Crippen LogP) is 3.61. The van der Waals surface area contributed by atoms with Crippen molar-refractivity contribution in [3.05, 3.63) is 36.0 Å². The highest BCUT2D eigenvalue weighted by Crippen LogP contribution is 2.33. The van der Waals surface area contributed by atoms with Gasteiger partial charge in [-0.05, 0) is 38.5 Å². The van der Waals surface area contributed by atoms with Crippen LogP contribution in [0.3, 0.4) is 0 Å². The number of hydrogen-bond donors (Lipinski definition) is 0. The minimum atomic E-state index is 0.435. The second-order valence-electron chi connectivity index (χ2n) is 4.06. The van der Waals surface area contributed by atoms with Crippen LogP contribution in [0.5, 0.6) is 0 Å². The summed E-state index contributed by atoms with van der Waals surface area (Å²) in [4.78, 5) is 0. The Morgan fingerprint density at radius 2 is 2.43 bits per heavy atom. The highest BCUT2D eigenvalue weighted by atomic mass is 14.3. The molecule has 0 aliphatic heterocycles. The van der Waals surface area contributed by atoms with Crippen molar-refractivity contribution in [2.45, 2.75) is 26.7 Å². The van der Waals surface area contributed by atoms with Gasteiger partial charge in [0.25, 0.3) is 0 Å². The van der Waals surface area contributed by atoms with Crippen molar-refractivity contribution < 1.29 is 0 Å². The first-order valence-corrected chi connectivity index (χ1v) is 5.03. The molecule has 0 aromatic carbocycles. The Bertz CT molecular complexity index is 315. The van der Waals surface area contributed by atoms with Crippen molar-refractivity contribution in [3.63, 3.8) is 0 Å². The molecule has 1 aliphatic carbocycles. The number of allylic oxidation sites excluding steroid dienone is 5. The standard InChI is InChI=1S/C13H17N/c1-10(2)12-7-6-11(3)13(9-12)5-4-8-14/h4-6,12-13H,1,7,9H2,2-3H3. The van der Waals surface area contributed by atoms with E-state index in [1.807, 2.05) is 12.1 Å². The maximum atomic E-state index is 8.48. The maximum Gasteiger partial charge on any atom is 0.0908 e. The maximum absolute atomic E-state index is 8.48. The van der Waals surface area contributed by atoms with E-state index in [0.29, 0.717) is 11.8 Å². The molecule has 1 rings (SSSR count). The van der Waals surface area contributed by atoms with Crippen LogP contribution >= 0.6 is 0 Å². The SMILES string of the molecule is C=C(C)C1CC=C(C)C(C=CC#N)C1. The van der Waals surface area contributed by atoms with Gasteiger partial charge in [0, 0.05) is 6.08 Å². The monoisotopic (exact) mass is 187 g/mol. The highest BCUT2D eigenvalue weighted by molar-refractivity contribution is 5.20. The van der Waals surface area contributed by atoms with Crippen molar-refractivity contribution in [3.8, 4) is 6.07 Å². The summed E-state index contributed by atoms with van der Waals surface area (Å²) in [5, 5.41) is 8.48. The first-order chi connectivity index (χ1) is 6.65. The van der Waals surface area contributed by atoms with Crippen molar-refractivity contribution in [1.29, 1.82) is 5.26 Å². The van der Waals surface area contributed by atoms with E-state index < -0.39 is 0 Å². The van der Waals surface area contributed by atoms with Crippen LogP contribution in [0.15, 0.2) is 36.0 Å². The van der Waals surface area contributed by atoms with Crippen molar-refractivity contribution >= 4 is 0 Å². The summed E-state index contributed by atoms with van der Waals surface area (Å²) in [7, 11) is 0. The van der Waals surface area contributed by atoms with Gasteiger partial charge in [-0.1, -0.05) is 29.9 Å². The van der Waals surface area contributed by atoms with Gasteiger partial charge in [-0.3, -0.25) is 0 Å². The summed E-state index contributed by atoms with van der Waals surface area (Å²) < 4.78 is 0. The third kappa shape index (κ3) is 2.60. The molecule has 0 saturated carbocycles. The molecular weight excluding hydrogens is 170 g/mol. The van der Waals surface area contributed by atoms with Crippen LogP contribution in [0.2, 0.25) is 0 Å². The molecule has 0 aromatic rings. The summed E-state index contributed by atoms with van der Waals surface area (Å²) in [5.74, 6) is 1.03. The smallest absolute Gasteiger partial charge is 0.0908 e. The fourth-order valence-corrected chi connectivity index (χ4v) is 1.86. The average Bonchev–Trinajstić information content (AvgIpc) is 2.16.